The smallest absolute Gasteiger partial charge is 0.124 e. The van der Waals surface area contributed by atoms with Crippen LogP contribution in [0.4, 0.5) is 0 Å². The van der Waals surface area contributed by atoms with Gasteiger partial charge < -0.3 is 14.8 Å². The van der Waals surface area contributed by atoms with Gasteiger partial charge in [0.2, 0.25) is 0 Å². The molecule has 0 unspecified atom stereocenters. The van der Waals surface area contributed by atoms with E-state index >= 15 is 0 Å². The van der Waals surface area contributed by atoms with Crippen LogP contribution in [0.25, 0.3) is 10.9 Å². The fraction of sp³-hybridized carbons (Fsp3) is 0.111. The highest BCUT2D eigenvalue weighted by molar-refractivity contribution is 5.85. The molecule has 2 aromatic rings. The molecule has 0 aliphatic rings. The highest BCUT2D eigenvalue weighted by Crippen LogP contribution is 2.24. The summed E-state index contributed by atoms with van der Waals surface area (Å²) < 4.78 is 1.66. The number of nitrogens with zero attached hydrogens (tertiary/aromatic N) is 1. The van der Waals surface area contributed by atoms with Crippen LogP contribution in [-0.4, -0.2) is 14.8 Å². The Hall–Kier alpha value is -1.48. The lowest BCUT2D eigenvalue weighted by Gasteiger charge is -1.99. The number of benzene rings is 1. The van der Waals surface area contributed by atoms with Gasteiger partial charge in [-0.05, 0) is 18.2 Å². The van der Waals surface area contributed by atoms with E-state index in [-0.39, 0.29) is 12.5 Å². The molecule has 2 rings (SSSR count). The Morgan fingerprint density at radius 1 is 1.25 bits per heavy atom. The van der Waals surface area contributed by atoms with Gasteiger partial charge in [-0.15, -0.1) is 0 Å². The number of aromatic nitrogens is 1. The maximum atomic E-state index is 9.39. The molecule has 3 nitrogen and oxygen atoms in total. The molecule has 0 aliphatic carbocycles. The Kier molecular flexibility index (Phi) is 1.52. The predicted octanol–water partition coefficient (Wildman–Crippen LogP) is 1.30. The standard InChI is InChI=1S/C9H9NO2/c11-6-10-5-4-7-8(10)2-1-3-9(7)12/h1-5,11-12H,6H2. The van der Waals surface area contributed by atoms with Gasteiger partial charge in [-0.1, -0.05) is 6.07 Å². The average Bonchev–Trinajstić information content (AvgIpc) is 2.49. The fourth-order valence-corrected chi connectivity index (χ4v) is 1.33. The van der Waals surface area contributed by atoms with Crippen molar-refractivity contribution >= 4 is 10.9 Å². The molecule has 0 atom stereocenters. The number of hydrogen-bond acceptors (Lipinski definition) is 2. The number of rotatable bonds is 1. The lowest BCUT2D eigenvalue weighted by molar-refractivity contribution is 0.215. The topological polar surface area (TPSA) is 45.4 Å². The second-order valence-electron chi connectivity index (χ2n) is 2.64. The molecule has 0 radical (unpaired) electrons. The van der Waals surface area contributed by atoms with Crippen LogP contribution in [0.5, 0.6) is 5.75 Å². The summed E-state index contributed by atoms with van der Waals surface area (Å²) in [4.78, 5) is 0. The van der Waals surface area contributed by atoms with Gasteiger partial charge in [0.05, 0.1) is 5.52 Å². The first-order chi connectivity index (χ1) is 5.83. The minimum Gasteiger partial charge on any atom is -0.507 e. The summed E-state index contributed by atoms with van der Waals surface area (Å²) in [6.07, 6.45) is 1.74. The first-order valence-electron chi connectivity index (χ1n) is 3.70. The highest BCUT2D eigenvalue weighted by Gasteiger charge is 2.02. The molecule has 0 aliphatic heterocycles. The Labute approximate surface area is 69.5 Å². The van der Waals surface area contributed by atoms with Crippen molar-refractivity contribution < 1.29 is 10.2 Å². The minimum absolute atomic E-state index is 0.0625. The summed E-state index contributed by atoms with van der Waals surface area (Å²) in [6.45, 7) is -0.0625. The first kappa shape index (κ1) is 7.18. The predicted molar refractivity (Wildman–Crippen MR) is 45.8 cm³/mol. The number of phenols is 1. The molecule has 0 fully saturated rings. The van der Waals surface area contributed by atoms with Gasteiger partial charge in [-0.2, -0.15) is 0 Å². The second-order valence-corrected chi connectivity index (χ2v) is 2.64. The van der Waals surface area contributed by atoms with E-state index in [2.05, 4.69) is 0 Å². The fourth-order valence-electron chi connectivity index (χ4n) is 1.33. The van der Waals surface area contributed by atoms with Crippen LogP contribution in [-0.2, 0) is 6.73 Å². The Morgan fingerprint density at radius 3 is 2.83 bits per heavy atom. The molecule has 0 saturated carbocycles. The lowest BCUT2D eigenvalue weighted by Crippen LogP contribution is -1.92. The van der Waals surface area contributed by atoms with Crippen LogP contribution in [0.1, 0.15) is 0 Å². The van der Waals surface area contributed by atoms with Crippen LogP contribution in [0.3, 0.4) is 0 Å². The molecule has 1 aromatic carbocycles. The third kappa shape index (κ3) is 0.871. The number of aliphatic hydroxyl groups excluding tert-OH is 1. The zero-order valence-electron chi connectivity index (χ0n) is 6.44. The normalized spacial score (nSPS) is 10.8. The molecule has 1 heterocycles. The van der Waals surface area contributed by atoms with E-state index in [0.717, 1.165) is 10.9 Å². The number of hydrogen-bond donors (Lipinski definition) is 2. The summed E-state index contributed by atoms with van der Waals surface area (Å²) in [5.74, 6) is 0.250. The Morgan fingerprint density at radius 2 is 2.08 bits per heavy atom. The summed E-state index contributed by atoms with van der Waals surface area (Å²) in [6, 6.07) is 7.01. The molecular formula is C9H9NO2. The monoisotopic (exact) mass is 163 g/mol. The average molecular weight is 163 g/mol. The highest BCUT2D eigenvalue weighted by atomic mass is 16.3. The molecule has 2 N–H and O–H groups in total. The van der Waals surface area contributed by atoms with Crippen molar-refractivity contribution in [1.29, 1.82) is 0 Å². The first-order valence-corrected chi connectivity index (χ1v) is 3.70. The van der Waals surface area contributed by atoms with Crippen LogP contribution in [0, 0.1) is 0 Å². The Balaban J connectivity index is 2.80. The number of phenolic OH excluding ortho intramolecular Hbond substituents is 1. The molecule has 1 aromatic heterocycles. The van der Waals surface area contributed by atoms with Crippen molar-refractivity contribution in [2.45, 2.75) is 6.73 Å². The van der Waals surface area contributed by atoms with Crippen LogP contribution >= 0.6 is 0 Å². The van der Waals surface area contributed by atoms with Gasteiger partial charge in [0.1, 0.15) is 12.5 Å². The second kappa shape index (κ2) is 2.53. The van der Waals surface area contributed by atoms with E-state index in [9.17, 15) is 5.11 Å². The van der Waals surface area contributed by atoms with E-state index in [1.165, 1.54) is 0 Å². The summed E-state index contributed by atoms with van der Waals surface area (Å²) in [5, 5.41) is 19.1. The molecule has 0 saturated heterocycles. The minimum atomic E-state index is -0.0625. The van der Waals surface area contributed by atoms with Crippen molar-refractivity contribution in [2.24, 2.45) is 0 Å². The van der Waals surface area contributed by atoms with Crippen molar-refractivity contribution in [3.8, 4) is 5.75 Å². The molecule has 3 heteroatoms. The van der Waals surface area contributed by atoms with Crippen LogP contribution < -0.4 is 0 Å². The summed E-state index contributed by atoms with van der Waals surface area (Å²) in [7, 11) is 0. The zero-order valence-corrected chi connectivity index (χ0v) is 6.44. The molecule has 0 spiro atoms. The van der Waals surface area contributed by atoms with E-state index in [0.29, 0.717) is 0 Å². The maximum absolute atomic E-state index is 9.39. The molecule has 62 valence electrons. The van der Waals surface area contributed by atoms with Gasteiger partial charge in [0.15, 0.2) is 0 Å². The molecule has 0 amide bonds. The van der Waals surface area contributed by atoms with Crippen LogP contribution in [0.15, 0.2) is 30.5 Å². The van der Waals surface area contributed by atoms with Gasteiger partial charge in [-0.3, -0.25) is 0 Å². The SMILES string of the molecule is OCn1ccc2c(O)cccc21. The number of fused-ring (bicyclic) bond motifs is 1. The number of aromatic hydroxyl groups is 1. The van der Waals surface area contributed by atoms with E-state index in [4.69, 9.17) is 5.11 Å². The van der Waals surface area contributed by atoms with Gasteiger partial charge in [-0.25, -0.2) is 0 Å². The summed E-state index contributed by atoms with van der Waals surface area (Å²) >= 11 is 0. The van der Waals surface area contributed by atoms with Crippen LogP contribution in [0.2, 0.25) is 0 Å². The Bertz CT molecular complexity index is 406. The number of aliphatic hydroxyl groups is 1. The molecule has 12 heavy (non-hydrogen) atoms. The summed E-state index contributed by atoms with van der Waals surface area (Å²) in [5.41, 5.74) is 0.845. The van der Waals surface area contributed by atoms with Gasteiger partial charge in [0, 0.05) is 11.6 Å². The van der Waals surface area contributed by atoms with E-state index < -0.39 is 0 Å². The zero-order chi connectivity index (χ0) is 8.55. The maximum Gasteiger partial charge on any atom is 0.124 e. The van der Waals surface area contributed by atoms with Gasteiger partial charge >= 0.3 is 0 Å². The third-order valence-electron chi connectivity index (χ3n) is 1.94. The van der Waals surface area contributed by atoms with Gasteiger partial charge in [0.25, 0.3) is 0 Å². The quantitative estimate of drug-likeness (QED) is 0.665. The lowest BCUT2D eigenvalue weighted by atomic mass is 10.2. The van der Waals surface area contributed by atoms with Crippen molar-refractivity contribution in [3.63, 3.8) is 0 Å². The molecular weight excluding hydrogens is 154 g/mol. The van der Waals surface area contributed by atoms with Crippen molar-refractivity contribution in [3.05, 3.63) is 30.5 Å². The van der Waals surface area contributed by atoms with Crippen molar-refractivity contribution in [1.82, 2.24) is 4.57 Å². The van der Waals surface area contributed by atoms with E-state index in [1.54, 1.807) is 29.0 Å². The van der Waals surface area contributed by atoms with Crippen molar-refractivity contribution in [2.75, 3.05) is 0 Å². The van der Waals surface area contributed by atoms with E-state index in [1.807, 2.05) is 6.07 Å². The third-order valence-corrected chi connectivity index (χ3v) is 1.94. The molecule has 0 bridgehead atoms. The largest absolute Gasteiger partial charge is 0.507 e.